The zero-order chi connectivity index (χ0) is 42.8. The Bertz CT molecular complexity index is 3440. The lowest BCUT2D eigenvalue weighted by molar-refractivity contribution is 0.332. The van der Waals surface area contributed by atoms with Gasteiger partial charge < -0.3 is 14.3 Å². The van der Waals surface area contributed by atoms with Crippen LogP contribution in [-0.2, 0) is 21.7 Å². The maximum Gasteiger partial charge on any atom is 0.197 e. The number of fused-ring (bicyclic) bond motifs is 11. The summed E-state index contributed by atoms with van der Waals surface area (Å²) in [6.07, 6.45) is 4.70. The molecule has 3 heterocycles. The van der Waals surface area contributed by atoms with E-state index < -0.39 is 0 Å². The molecular weight excluding hydrogens is 751 g/mol. The summed E-state index contributed by atoms with van der Waals surface area (Å²) in [5.41, 5.74) is 21.3. The molecule has 3 aliphatic rings. The van der Waals surface area contributed by atoms with Crippen molar-refractivity contribution in [3.05, 3.63) is 137 Å². The van der Waals surface area contributed by atoms with Crippen LogP contribution in [0.3, 0.4) is 0 Å². The van der Waals surface area contributed by atoms with E-state index >= 15 is 0 Å². The van der Waals surface area contributed by atoms with Gasteiger partial charge in [0.25, 0.3) is 0 Å². The molecule has 0 spiro atoms. The molecule has 2 aromatic heterocycles. The van der Waals surface area contributed by atoms with Crippen LogP contribution in [0, 0.1) is 13.8 Å². The molecule has 0 saturated heterocycles. The van der Waals surface area contributed by atoms with Crippen molar-refractivity contribution in [2.75, 3.05) is 5.32 Å². The van der Waals surface area contributed by atoms with E-state index in [4.69, 9.17) is 4.42 Å². The first kappa shape index (κ1) is 38.0. The number of furan rings is 1. The van der Waals surface area contributed by atoms with E-state index in [1.54, 1.807) is 0 Å². The van der Waals surface area contributed by atoms with Crippen LogP contribution in [-0.4, -0.2) is 11.8 Å². The van der Waals surface area contributed by atoms with Gasteiger partial charge in [-0.15, -0.1) is 0 Å². The molecule has 0 atom stereocenters. The van der Waals surface area contributed by atoms with Crippen molar-refractivity contribution in [2.24, 2.45) is 0 Å². The minimum absolute atomic E-state index is 0.0774. The standard InChI is InChI=1S/C58H56BN2O/c1-32-24-40(52-49(25-32)61-48-28-35-15-12-11-14-34(35)27-38(48)36-16-13-17-45(59-52)53(36)61)51-46(60-47-30-43-41(26-33(47)2)55(3,4)20-22-57(43,7)8)19-18-37-39-29-42-44(31-50(39)62-54(37)51)58(9,10)23-21-56(42,5)6/h11-19,24-31,60H,20-23H2,1-10H3. The van der Waals surface area contributed by atoms with E-state index in [-0.39, 0.29) is 21.7 Å². The summed E-state index contributed by atoms with van der Waals surface area (Å²) in [6.45, 7) is 23.9. The van der Waals surface area contributed by atoms with E-state index in [0.717, 1.165) is 34.5 Å². The van der Waals surface area contributed by atoms with Gasteiger partial charge in [-0.3, -0.25) is 0 Å². The van der Waals surface area contributed by atoms with Crippen molar-refractivity contribution in [3.63, 3.8) is 0 Å². The zero-order valence-corrected chi connectivity index (χ0v) is 38.1. The van der Waals surface area contributed by atoms with Crippen LogP contribution in [0.4, 0.5) is 11.4 Å². The van der Waals surface area contributed by atoms with Crippen LogP contribution in [0.25, 0.3) is 71.3 Å². The Morgan fingerprint density at radius 2 is 1.21 bits per heavy atom. The lowest BCUT2D eigenvalue weighted by Crippen LogP contribution is -2.37. The minimum Gasteiger partial charge on any atom is -0.455 e. The van der Waals surface area contributed by atoms with E-state index in [1.807, 2.05) is 0 Å². The highest BCUT2D eigenvalue weighted by Gasteiger charge is 2.39. The molecule has 1 radical (unpaired) electrons. The monoisotopic (exact) mass is 807 g/mol. The normalized spacial score (nSPS) is 17.9. The van der Waals surface area contributed by atoms with Crippen LogP contribution < -0.4 is 16.2 Å². The van der Waals surface area contributed by atoms with Gasteiger partial charge in [0, 0.05) is 44.0 Å². The van der Waals surface area contributed by atoms with Gasteiger partial charge in [-0.2, -0.15) is 0 Å². The van der Waals surface area contributed by atoms with Gasteiger partial charge in [0.15, 0.2) is 7.28 Å². The molecule has 1 N–H and O–H groups in total. The Kier molecular flexibility index (Phi) is 7.64. The predicted molar refractivity (Wildman–Crippen MR) is 266 cm³/mol. The third-order valence-electron chi connectivity index (χ3n) is 15.9. The largest absolute Gasteiger partial charge is 0.455 e. The molecule has 12 rings (SSSR count). The van der Waals surface area contributed by atoms with Gasteiger partial charge in [-0.1, -0.05) is 115 Å². The first-order chi connectivity index (χ1) is 29.5. The predicted octanol–water partition coefficient (Wildman–Crippen LogP) is 14.5. The molecule has 1 aliphatic heterocycles. The summed E-state index contributed by atoms with van der Waals surface area (Å²) in [4.78, 5) is 0. The maximum absolute atomic E-state index is 7.33. The van der Waals surface area contributed by atoms with Crippen LogP contribution in [0.2, 0.25) is 0 Å². The third kappa shape index (κ3) is 5.31. The second kappa shape index (κ2) is 12.5. The third-order valence-corrected chi connectivity index (χ3v) is 15.9. The fourth-order valence-corrected chi connectivity index (χ4v) is 11.9. The van der Waals surface area contributed by atoms with E-state index in [0.29, 0.717) is 0 Å². The van der Waals surface area contributed by atoms with Crippen molar-refractivity contribution in [1.29, 1.82) is 0 Å². The molecular formula is C58H56BN2O. The summed E-state index contributed by atoms with van der Waals surface area (Å²) in [5, 5.41) is 11.6. The molecule has 62 heavy (non-hydrogen) atoms. The molecule has 0 saturated carbocycles. The number of benzene rings is 7. The van der Waals surface area contributed by atoms with Gasteiger partial charge >= 0.3 is 0 Å². The van der Waals surface area contributed by atoms with Gasteiger partial charge in [0.2, 0.25) is 0 Å². The second-order valence-corrected chi connectivity index (χ2v) is 21.9. The molecule has 3 nitrogen and oxygen atoms in total. The first-order valence-electron chi connectivity index (χ1n) is 22.9. The SMILES string of the molecule is Cc1cc(-c2c(Nc3cc4c(cc3C)C(C)(C)CCC4(C)C)ccc3c2oc2cc4c(cc23)C(C)(C)CCC4(C)C)c2c(c1)-n1c3cc4ccccc4cc3c3cccc(c31)[B]2. The second-order valence-electron chi connectivity index (χ2n) is 21.9. The Labute approximate surface area is 366 Å². The average Bonchev–Trinajstić information content (AvgIpc) is 3.76. The molecule has 0 fully saturated rings. The smallest absolute Gasteiger partial charge is 0.197 e. The van der Waals surface area contributed by atoms with Crippen LogP contribution in [0.15, 0.2) is 108 Å². The lowest BCUT2D eigenvalue weighted by atomic mass is 9.59. The molecule has 307 valence electrons. The van der Waals surface area contributed by atoms with Crippen molar-refractivity contribution >= 4 is 84.1 Å². The van der Waals surface area contributed by atoms with Crippen LogP contribution in [0.5, 0.6) is 0 Å². The summed E-state index contributed by atoms with van der Waals surface area (Å²) in [5.74, 6) is 0. The van der Waals surface area contributed by atoms with E-state index in [2.05, 4.69) is 190 Å². The zero-order valence-electron chi connectivity index (χ0n) is 38.1. The highest BCUT2D eigenvalue weighted by atomic mass is 16.3. The minimum atomic E-state index is 0.0774. The Morgan fingerprint density at radius 1 is 0.565 bits per heavy atom. The number of aromatic nitrogens is 1. The topological polar surface area (TPSA) is 30.1 Å². The molecule has 9 aromatic rings. The Balaban J connectivity index is 1.15. The summed E-state index contributed by atoms with van der Waals surface area (Å²) >= 11 is 0. The van der Waals surface area contributed by atoms with Crippen molar-refractivity contribution < 1.29 is 4.42 Å². The summed E-state index contributed by atoms with van der Waals surface area (Å²) in [7, 11) is 2.44. The number of hydrogen-bond donors (Lipinski definition) is 1. The number of para-hydroxylation sites is 1. The van der Waals surface area contributed by atoms with Crippen LogP contribution in [0.1, 0.15) is 114 Å². The number of rotatable bonds is 3. The lowest BCUT2D eigenvalue weighted by Gasteiger charge is -2.42. The average molecular weight is 808 g/mol. The molecule has 0 bridgehead atoms. The number of anilines is 2. The number of nitrogens with zero attached hydrogens (tertiary/aromatic N) is 1. The van der Waals surface area contributed by atoms with E-state index in [1.165, 1.54) is 118 Å². The van der Waals surface area contributed by atoms with Crippen molar-refractivity contribution in [3.8, 4) is 16.8 Å². The van der Waals surface area contributed by atoms with Crippen molar-refractivity contribution in [1.82, 2.24) is 4.57 Å². The summed E-state index contributed by atoms with van der Waals surface area (Å²) in [6, 6.07) is 39.6. The number of nitrogens with one attached hydrogen (secondary N) is 1. The van der Waals surface area contributed by atoms with Crippen LogP contribution >= 0.6 is 0 Å². The van der Waals surface area contributed by atoms with Crippen molar-refractivity contribution in [2.45, 2.75) is 117 Å². The first-order valence-corrected chi connectivity index (χ1v) is 22.9. The number of aryl methyl sites for hydroxylation is 2. The molecule has 0 unspecified atom stereocenters. The van der Waals surface area contributed by atoms with Gasteiger partial charge in [0.1, 0.15) is 11.2 Å². The molecule has 2 aliphatic carbocycles. The molecule has 0 amide bonds. The molecule has 4 heteroatoms. The van der Waals surface area contributed by atoms with E-state index in [9.17, 15) is 0 Å². The van der Waals surface area contributed by atoms with Gasteiger partial charge in [0.05, 0.1) is 11.2 Å². The highest BCUT2D eigenvalue weighted by Crippen LogP contribution is 2.51. The quantitative estimate of drug-likeness (QED) is 0.180. The highest BCUT2D eigenvalue weighted by molar-refractivity contribution is 6.73. The fourth-order valence-electron chi connectivity index (χ4n) is 11.9. The van der Waals surface area contributed by atoms with Gasteiger partial charge in [-0.05, 0) is 165 Å². The summed E-state index contributed by atoms with van der Waals surface area (Å²) < 4.78 is 9.87. The molecule has 7 aromatic carbocycles. The van der Waals surface area contributed by atoms with Gasteiger partial charge in [-0.25, -0.2) is 0 Å². The Morgan fingerprint density at radius 3 is 1.92 bits per heavy atom. The Hall–Kier alpha value is -5.74. The maximum atomic E-state index is 7.33. The fraction of sp³-hybridized carbons (Fsp3) is 0.310. The number of hydrogen-bond acceptors (Lipinski definition) is 2.